The van der Waals surface area contributed by atoms with E-state index in [0.29, 0.717) is 17.6 Å². The van der Waals surface area contributed by atoms with Crippen molar-refractivity contribution >= 4 is 17.5 Å². The Kier molecular flexibility index (Phi) is 4.18. The van der Waals surface area contributed by atoms with Crippen LogP contribution in [0.1, 0.15) is 50.3 Å². The highest BCUT2D eigenvalue weighted by Gasteiger charge is 2.64. The summed E-state index contributed by atoms with van der Waals surface area (Å²) in [7, 11) is 0. The number of carbonyl (C=O) groups is 2. The molecule has 2 amide bonds. The first-order chi connectivity index (χ1) is 13.7. The quantitative estimate of drug-likeness (QED) is 0.807. The van der Waals surface area contributed by atoms with E-state index in [9.17, 15) is 9.59 Å². The van der Waals surface area contributed by atoms with E-state index < -0.39 is 0 Å². The molecule has 7 nitrogen and oxygen atoms in total. The highest BCUT2D eigenvalue weighted by Crippen LogP contribution is 2.64. The minimum absolute atomic E-state index is 0.00329. The van der Waals surface area contributed by atoms with Crippen LogP contribution < -0.4 is 10.6 Å². The molecule has 4 fully saturated rings. The van der Waals surface area contributed by atoms with Crippen molar-refractivity contribution in [3.05, 3.63) is 42.5 Å². The Labute approximate surface area is 163 Å². The first-order valence-electron chi connectivity index (χ1n) is 10.2. The van der Waals surface area contributed by atoms with Crippen LogP contribution in [0.4, 0.5) is 5.69 Å². The number of aromatic nitrogens is 3. The van der Waals surface area contributed by atoms with E-state index in [0.717, 1.165) is 19.3 Å². The van der Waals surface area contributed by atoms with Gasteiger partial charge in [0.2, 0.25) is 11.8 Å². The van der Waals surface area contributed by atoms with E-state index >= 15 is 0 Å². The minimum Gasteiger partial charge on any atom is -0.347 e. The van der Waals surface area contributed by atoms with E-state index in [1.165, 1.54) is 25.0 Å². The number of pyridine rings is 1. The Bertz CT molecular complexity index is 887. The van der Waals surface area contributed by atoms with Gasteiger partial charge in [-0.2, -0.15) is 5.10 Å². The maximum atomic E-state index is 13.0. The lowest BCUT2D eigenvalue weighted by Gasteiger charge is -2.47. The molecule has 7 heteroatoms. The van der Waals surface area contributed by atoms with Gasteiger partial charge in [-0.3, -0.25) is 19.3 Å². The molecule has 3 unspecified atom stereocenters. The summed E-state index contributed by atoms with van der Waals surface area (Å²) in [5.41, 5.74) is 1.76. The number of nitrogens with one attached hydrogen (secondary N) is 2. The molecular formula is C21H25N5O2. The molecular weight excluding hydrogens is 354 g/mol. The summed E-state index contributed by atoms with van der Waals surface area (Å²) >= 11 is 0. The van der Waals surface area contributed by atoms with E-state index in [2.05, 4.69) is 31.5 Å². The van der Waals surface area contributed by atoms with Crippen LogP contribution in [0.25, 0.3) is 0 Å². The summed E-state index contributed by atoms with van der Waals surface area (Å²) in [6.07, 6.45) is 11.9. The maximum Gasteiger partial charge on any atom is 0.243 e. The molecule has 4 aliphatic carbocycles. The minimum atomic E-state index is -0.235. The number of rotatable bonds is 6. The van der Waals surface area contributed by atoms with Gasteiger partial charge in [-0.05, 0) is 62.6 Å². The second-order valence-corrected chi connectivity index (χ2v) is 8.39. The molecule has 2 bridgehead atoms. The molecule has 6 rings (SSSR count). The first-order valence-corrected chi connectivity index (χ1v) is 10.2. The highest BCUT2D eigenvalue weighted by molar-refractivity contribution is 5.95. The van der Waals surface area contributed by atoms with Crippen LogP contribution in [-0.4, -0.2) is 33.1 Å². The molecule has 2 aromatic heterocycles. The molecule has 0 spiro atoms. The number of hydrogen-bond acceptors (Lipinski definition) is 4. The van der Waals surface area contributed by atoms with Crippen LogP contribution in [0.3, 0.4) is 0 Å². The molecule has 2 aromatic rings. The van der Waals surface area contributed by atoms with E-state index in [4.69, 9.17) is 0 Å². The molecule has 0 radical (unpaired) electrons. The molecule has 4 saturated carbocycles. The van der Waals surface area contributed by atoms with Crippen molar-refractivity contribution in [1.82, 2.24) is 20.1 Å². The summed E-state index contributed by atoms with van der Waals surface area (Å²) in [6.45, 7) is -0.0189. The fraction of sp³-hybridized carbons (Fsp3) is 0.524. The van der Waals surface area contributed by atoms with E-state index in [1.807, 2.05) is 6.20 Å². The van der Waals surface area contributed by atoms with Crippen molar-refractivity contribution in [1.29, 1.82) is 0 Å². The molecule has 2 N–H and O–H groups in total. The van der Waals surface area contributed by atoms with Crippen LogP contribution in [0.15, 0.2) is 36.8 Å². The maximum absolute atomic E-state index is 13.0. The topological polar surface area (TPSA) is 88.9 Å². The number of carbonyl (C=O) groups excluding carboxylic acids is 2. The standard InChI is InChI=1S/C21H25N5O2/c27-18(25-15-3-2-9-22-12-15)13-23-20(28)19-14-6-8-21(19,11-14)17-7-10-24-26(17)16-4-1-5-16/h2-3,7,9-10,12,14,16,19H,1,4-6,8,11,13H2,(H,23,28)(H,25,27). The van der Waals surface area contributed by atoms with Crippen LogP contribution in [0, 0.1) is 11.8 Å². The molecule has 4 aliphatic rings. The van der Waals surface area contributed by atoms with Crippen LogP contribution in [0.2, 0.25) is 0 Å². The lowest BCUT2D eigenvalue weighted by Crippen LogP contribution is -2.54. The summed E-state index contributed by atoms with van der Waals surface area (Å²) < 4.78 is 2.18. The van der Waals surface area contributed by atoms with Crippen molar-refractivity contribution in [2.45, 2.75) is 50.0 Å². The lowest BCUT2D eigenvalue weighted by molar-refractivity contribution is -0.134. The summed E-state index contributed by atoms with van der Waals surface area (Å²) in [4.78, 5) is 29.1. The van der Waals surface area contributed by atoms with Crippen LogP contribution in [0.5, 0.6) is 0 Å². The Hall–Kier alpha value is -2.70. The smallest absolute Gasteiger partial charge is 0.243 e. The Morgan fingerprint density at radius 3 is 2.82 bits per heavy atom. The van der Waals surface area contributed by atoms with E-state index in [-0.39, 0.29) is 29.7 Å². The molecule has 0 aromatic carbocycles. The van der Waals surface area contributed by atoms with Gasteiger partial charge in [0.25, 0.3) is 0 Å². The van der Waals surface area contributed by atoms with Crippen LogP contribution in [-0.2, 0) is 15.0 Å². The summed E-state index contributed by atoms with van der Waals surface area (Å²) in [5.74, 6) is 0.137. The second kappa shape index (κ2) is 6.72. The number of amides is 2. The number of anilines is 1. The van der Waals surface area contributed by atoms with Gasteiger partial charge in [-0.25, -0.2) is 0 Å². The SMILES string of the molecule is O=C(CNC(=O)C1C2CCC1(c1ccnn1C1CCC1)C2)Nc1cccnc1. The number of nitrogens with zero attached hydrogens (tertiary/aromatic N) is 3. The summed E-state index contributed by atoms with van der Waals surface area (Å²) in [5, 5.41) is 10.2. The van der Waals surface area contributed by atoms with Gasteiger partial charge in [-0.1, -0.05) is 0 Å². The van der Waals surface area contributed by atoms with Gasteiger partial charge in [0.1, 0.15) is 0 Å². The van der Waals surface area contributed by atoms with Crippen LogP contribution >= 0.6 is 0 Å². The Morgan fingerprint density at radius 1 is 1.21 bits per heavy atom. The fourth-order valence-electron chi connectivity index (χ4n) is 5.38. The van der Waals surface area contributed by atoms with Gasteiger partial charge in [-0.15, -0.1) is 0 Å². The highest BCUT2D eigenvalue weighted by atomic mass is 16.2. The first kappa shape index (κ1) is 17.4. The number of fused-ring (bicyclic) bond motifs is 1. The Balaban J connectivity index is 1.25. The van der Waals surface area contributed by atoms with E-state index in [1.54, 1.807) is 24.5 Å². The van der Waals surface area contributed by atoms with Crippen molar-refractivity contribution in [3.8, 4) is 0 Å². The van der Waals surface area contributed by atoms with Gasteiger partial charge < -0.3 is 10.6 Å². The molecule has 0 aliphatic heterocycles. The predicted octanol–water partition coefficient (Wildman–Crippen LogP) is 2.43. The predicted molar refractivity (Wildman–Crippen MR) is 104 cm³/mol. The van der Waals surface area contributed by atoms with Gasteiger partial charge in [0, 0.05) is 23.5 Å². The van der Waals surface area contributed by atoms with Crippen molar-refractivity contribution in [2.75, 3.05) is 11.9 Å². The molecule has 0 saturated heterocycles. The summed E-state index contributed by atoms with van der Waals surface area (Å²) in [6, 6.07) is 6.13. The third-order valence-electron chi connectivity index (χ3n) is 6.91. The van der Waals surface area contributed by atoms with Crippen molar-refractivity contribution < 1.29 is 9.59 Å². The molecule has 28 heavy (non-hydrogen) atoms. The largest absolute Gasteiger partial charge is 0.347 e. The number of hydrogen-bond donors (Lipinski definition) is 2. The lowest BCUT2D eigenvalue weighted by atomic mass is 9.58. The molecule has 3 atom stereocenters. The van der Waals surface area contributed by atoms with Crippen molar-refractivity contribution in [3.63, 3.8) is 0 Å². The fourth-order valence-corrected chi connectivity index (χ4v) is 5.38. The van der Waals surface area contributed by atoms with Gasteiger partial charge in [0.15, 0.2) is 0 Å². The van der Waals surface area contributed by atoms with Gasteiger partial charge in [0.05, 0.1) is 30.4 Å². The molecule has 146 valence electrons. The monoisotopic (exact) mass is 379 g/mol. The Morgan fingerprint density at radius 2 is 2.11 bits per heavy atom. The third-order valence-corrected chi connectivity index (χ3v) is 6.91. The zero-order chi connectivity index (χ0) is 19.1. The zero-order valence-corrected chi connectivity index (χ0v) is 15.8. The zero-order valence-electron chi connectivity index (χ0n) is 15.8. The molecule has 2 heterocycles. The average molecular weight is 379 g/mol. The second-order valence-electron chi connectivity index (χ2n) is 8.39. The third kappa shape index (κ3) is 2.72. The normalized spacial score (nSPS) is 28.3. The van der Waals surface area contributed by atoms with Gasteiger partial charge >= 0.3 is 0 Å². The average Bonchev–Trinajstić information content (AvgIpc) is 3.34. The van der Waals surface area contributed by atoms with Crippen molar-refractivity contribution in [2.24, 2.45) is 11.8 Å².